The molecule has 29 heavy (non-hydrogen) atoms. The maximum atomic E-state index is 9.59. The molecule has 0 saturated carbocycles. The van der Waals surface area contributed by atoms with Crippen molar-refractivity contribution in [1.82, 2.24) is 9.80 Å². The summed E-state index contributed by atoms with van der Waals surface area (Å²) in [5.41, 5.74) is 4.90. The Hall–Kier alpha value is -2.32. The maximum absolute atomic E-state index is 9.59. The first-order chi connectivity index (χ1) is 14.1. The number of hydrogen-bond acceptors (Lipinski definition) is 4. The van der Waals surface area contributed by atoms with Crippen molar-refractivity contribution in [2.24, 2.45) is 0 Å². The lowest BCUT2D eigenvalue weighted by molar-refractivity contribution is 0.0604. The minimum absolute atomic E-state index is 0.214. The van der Waals surface area contributed by atoms with Gasteiger partial charge in [-0.2, -0.15) is 0 Å². The van der Waals surface area contributed by atoms with Gasteiger partial charge in [-0.3, -0.25) is 9.80 Å². The number of nitrogens with zero attached hydrogens (tertiary/aromatic N) is 2. The molecular formula is C25H32N2O2. The van der Waals surface area contributed by atoms with Crippen LogP contribution in [0.1, 0.15) is 28.7 Å². The van der Waals surface area contributed by atoms with Crippen LogP contribution in [0.15, 0.2) is 42.5 Å². The molecule has 154 valence electrons. The highest BCUT2D eigenvalue weighted by Crippen LogP contribution is 2.26. The molecule has 1 aliphatic rings. The molecule has 1 atom stereocenters. The van der Waals surface area contributed by atoms with E-state index in [1.165, 1.54) is 16.7 Å². The summed E-state index contributed by atoms with van der Waals surface area (Å²) in [5, 5.41) is 9.59. The second-order valence-corrected chi connectivity index (χ2v) is 7.72. The average molecular weight is 393 g/mol. The Morgan fingerprint density at radius 2 is 1.86 bits per heavy atom. The van der Waals surface area contributed by atoms with E-state index in [2.05, 4.69) is 47.6 Å². The zero-order valence-corrected chi connectivity index (χ0v) is 17.8. The van der Waals surface area contributed by atoms with Crippen molar-refractivity contribution in [1.29, 1.82) is 0 Å². The summed E-state index contributed by atoms with van der Waals surface area (Å²) in [6.07, 6.45) is 0.788. The van der Waals surface area contributed by atoms with Gasteiger partial charge in [0.2, 0.25) is 0 Å². The van der Waals surface area contributed by atoms with Gasteiger partial charge in [-0.15, -0.1) is 0 Å². The molecule has 1 N–H and O–H groups in total. The summed E-state index contributed by atoms with van der Waals surface area (Å²) in [6, 6.07) is 14.7. The molecule has 0 radical (unpaired) electrons. The second-order valence-electron chi connectivity index (χ2n) is 7.72. The SMILES string of the molecule is COc1ccc(CN2CCN(CC#Cc3ccccc3)C[C@H]2CCO)c(C)c1C. The predicted octanol–water partition coefficient (Wildman–Crippen LogP) is 3.23. The minimum Gasteiger partial charge on any atom is -0.496 e. The number of rotatable bonds is 6. The zero-order valence-electron chi connectivity index (χ0n) is 17.8. The Kier molecular flexibility index (Phi) is 7.71. The maximum Gasteiger partial charge on any atom is 0.122 e. The molecule has 1 fully saturated rings. The van der Waals surface area contributed by atoms with E-state index in [-0.39, 0.29) is 6.61 Å². The van der Waals surface area contributed by atoms with E-state index in [1.807, 2.05) is 30.3 Å². The number of hydrogen-bond donors (Lipinski definition) is 1. The Balaban J connectivity index is 1.63. The van der Waals surface area contributed by atoms with E-state index < -0.39 is 0 Å². The van der Waals surface area contributed by atoms with E-state index in [0.29, 0.717) is 6.04 Å². The molecule has 0 aliphatic carbocycles. The molecule has 0 spiro atoms. The highest BCUT2D eigenvalue weighted by atomic mass is 16.5. The Morgan fingerprint density at radius 3 is 2.59 bits per heavy atom. The summed E-state index contributed by atoms with van der Waals surface area (Å²) in [5.74, 6) is 7.50. The standard InChI is InChI=1S/C25H32N2O2/c1-20-21(2)25(29-3)12-11-23(20)18-27-16-15-26(19-24(27)13-17-28)14-7-10-22-8-5-4-6-9-22/h4-6,8-9,11-12,24,28H,13-19H2,1-3H3/t24-/m1/s1. The third-order valence-electron chi connectivity index (χ3n) is 5.90. The van der Waals surface area contributed by atoms with Crippen molar-refractivity contribution < 1.29 is 9.84 Å². The fourth-order valence-electron chi connectivity index (χ4n) is 3.97. The fourth-order valence-corrected chi connectivity index (χ4v) is 3.97. The van der Waals surface area contributed by atoms with Gasteiger partial charge in [-0.05, 0) is 55.2 Å². The number of benzene rings is 2. The normalized spacial score (nSPS) is 17.6. The second kappa shape index (κ2) is 10.5. The summed E-state index contributed by atoms with van der Waals surface area (Å²) in [7, 11) is 1.72. The predicted molar refractivity (Wildman–Crippen MR) is 118 cm³/mol. The first kappa shape index (κ1) is 21.4. The molecule has 1 aliphatic heterocycles. The highest BCUT2D eigenvalue weighted by molar-refractivity contribution is 5.43. The van der Waals surface area contributed by atoms with Gasteiger partial charge in [0, 0.05) is 44.4 Å². The number of aliphatic hydroxyl groups is 1. The van der Waals surface area contributed by atoms with Crippen LogP contribution in [-0.4, -0.2) is 60.8 Å². The molecule has 2 aromatic rings. The molecular weight excluding hydrogens is 360 g/mol. The van der Waals surface area contributed by atoms with Gasteiger partial charge >= 0.3 is 0 Å². The van der Waals surface area contributed by atoms with E-state index >= 15 is 0 Å². The third kappa shape index (κ3) is 5.61. The van der Waals surface area contributed by atoms with E-state index in [1.54, 1.807) is 7.11 Å². The van der Waals surface area contributed by atoms with Crippen LogP contribution in [-0.2, 0) is 6.54 Å². The van der Waals surface area contributed by atoms with Crippen LogP contribution < -0.4 is 4.74 Å². The van der Waals surface area contributed by atoms with Crippen LogP contribution in [0, 0.1) is 25.7 Å². The molecule has 1 heterocycles. The summed E-state index contributed by atoms with van der Waals surface area (Å²) < 4.78 is 5.45. The lowest BCUT2D eigenvalue weighted by Crippen LogP contribution is -2.53. The monoisotopic (exact) mass is 392 g/mol. The van der Waals surface area contributed by atoms with Gasteiger partial charge in [0.15, 0.2) is 0 Å². The minimum atomic E-state index is 0.214. The fraction of sp³-hybridized carbons (Fsp3) is 0.440. The lowest BCUT2D eigenvalue weighted by atomic mass is 10.00. The highest BCUT2D eigenvalue weighted by Gasteiger charge is 2.26. The molecule has 0 aromatic heterocycles. The number of ether oxygens (including phenoxy) is 1. The lowest BCUT2D eigenvalue weighted by Gasteiger charge is -2.41. The molecule has 4 heteroatoms. The molecule has 0 amide bonds. The first-order valence-electron chi connectivity index (χ1n) is 10.4. The van der Waals surface area contributed by atoms with Crippen LogP contribution in [0.2, 0.25) is 0 Å². The molecule has 1 saturated heterocycles. The van der Waals surface area contributed by atoms with Gasteiger partial charge in [-0.25, -0.2) is 0 Å². The largest absolute Gasteiger partial charge is 0.496 e. The van der Waals surface area contributed by atoms with Gasteiger partial charge in [-0.1, -0.05) is 36.1 Å². The Morgan fingerprint density at radius 1 is 1.07 bits per heavy atom. The van der Waals surface area contributed by atoms with E-state index in [0.717, 1.165) is 50.5 Å². The van der Waals surface area contributed by atoms with Crippen LogP contribution in [0.5, 0.6) is 5.75 Å². The van der Waals surface area contributed by atoms with Gasteiger partial charge in [0.25, 0.3) is 0 Å². The zero-order chi connectivity index (χ0) is 20.6. The van der Waals surface area contributed by atoms with Crippen LogP contribution >= 0.6 is 0 Å². The molecule has 0 unspecified atom stereocenters. The van der Waals surface area contributed by atoms with Crippen molar-refractivity contribution in [3.63, 3.8) is 0 Å². The first-order valence-corrected chi connectivity index (χ1v) is 10.4. The van der Waals surface area contributed by atoms with Gasteiger partial charge < -0.3 is 9.84 Å². The smallest absolute Gasteiger partial charge is 0.122 e. The summed E-state index contributed by atoms with van der Waals surface area (Å²) >= 11 is 0. The van der Waals surface area contributed by atoms with Crippen molar-refractivity contribution in [3.8, 4) is 17.6 Å². The van der Waals surface area contributed by atoms with Crippen molar-refractivity contribution in [2.75, 3.05) is 39.9 Å². The summed E-state index contributed by atoms with van der Waals surface area (Å²) in [4.78, 5) is 4.91. The quantitative estimate of drug-likeness (QED) is 0.766. The van der Waals surface area contributed by atoms with Crippen molar-refractivity contribution in [2.45, 2.75) is 32.9 Å². The van der Waals surface area contributed by atoms with E-state index in [4.69, 9.17) is 4.74 Å². The van der Waals surface area contributed by atoms with Crippen LogP contribution in [0.3, 0.4) is 0 Å². The molecule has 3 rings (SSSR count). The molecule has 4 nitrogen and oxygen atoms in total. The summed E-state index contributed by atoms with van der Waals surface area (Å²) in [6.45, 7) is 9.11. The van der Waals surface area contributed by atoms with Gasteiger partial charge in [0.1, 0.15) is 5.75 Å². The van der Waals surface area contributed by atoms with E-state index in [9.17, 15) is 5.11 Å². The number of piperazine rings is 1. The number of methoxy groups -OCH3 is 1. The topological polar surface area (TPSA) is 35.9 Å². The van der Waals surface area contributed by atoms with Crippen LogP contribution in [0.25, 0.3) is 0 Å². The Bertz CT molecular complexity index is 854. The van der Waals surface area contributed by atoms with Gasteiger partial charge in [0.05, 0.1) is 13.7 Å². The Labute approximate surface area is 175 Å². The van der Waals surface area contributed by atoms with Crippen molar-refractivity contribution >= 4 is 0 Å². The molecule has 0 bridgehead atoms. The average Bonchev–Trinajstić information content (AvgIpc) is 2.74. The number of aliphatic hydroxyl groups excluding tert-OH is 1. The molecule has 2 aromatic carbocycles. The van der Waals surface area contributed by atoms with Crippen LogP contribution in [0.4, 0.5) is 0 Å². The van der Waals surface area contributed by atoms with Crippen molar-refractivity contribution in [3.05, 3.63) is 64.7 Å². The third-order valence-corrected chi connectivity index (χ3v) is 5.90.